The normalized spacial score (nSPS) is 11.6. The maximum absolute atomic E-state index is 12.3. The Bertz CT molecular complexity index is 1120. The Morgan fingerprint density at radius 1 is 1.00 bits per heavy atom. The van der Waals surface area contributed by atoms with E-state index < -0.39 is 0 Å². The summed E-state index contributed by atoms with van der Waals surface area (Å²) in [5.74, 6) is 0.701. The van der Waals surface area contributed by atoms with Gasteiger partial charge in [-0.05, 0) is 97.1 Å². The van der Waals surface area contributed by atoms with Crippen molar-refractivity contribution >= 4 is 73.2 Å². The highest BCUT2D eigenvalue weighted by Crippen LogP contribution is 2.29. The quantitative estimate of drug-likeness (QED) is 0.159. The van der Waals surface area contributed by atoms with Gasteiger partial charge in [0, 0.05) is 4.47 Å². The Morgan fingerprint density at radius 2 is 1.58 bits per heavy atom. The van der Waals surface area contributed by atoms with Gasteiger partial charge in [0.15, 0.2) is 0 Å². The number of amides is 1. The number of nitrogens with one attached hydrogen (secondary N) is 1. The molecule has 3 rings (SSSR count). The summed E-state index contributed by atoms with van der Waals surface area (Å²) in [6.07, 6.45) is 1.95. The van der Waals surface area contributed by atoms with E-state index in [0.29, 0.717) is 13.0 Å². The van der Waals surface area contributed by atoms with Gasteiger partial charge in [-0.2, -0.15) is 5.10 Å². The summed E-state index contributed by atoms with van der Waals surface area (Å²) in [4.78, 5) is 12.3. The first kappa shape index (κ1) is 26.2. The van der Waals surface area contributed by atoms with Crippen molar-refractivity contribution in [1.82, 2.24) is 5.43 Å². The molecule has 1 N–H and O–H groups in total. The number of carbonyl (C=O) groups is 1. The first-order valence-corrected chi connectivity index (χ1v) is 13.3. The minimum atomic E-state index is -0.145. The lowest BCUT2D eigenvalue weighted by atomic mass is 9.86. The Balaban J connectivity index is 1.56. The number of ether oxygens (including phenoxy) is 1. The number of hydrogen-bond acceptors (Lipinski definition) is 3. The number of rotatable bonds is 7. The average Bonchev–Trinajstić information content (AvgIpc) is 2.74. The number of benzene rings is 3. The lowest BCUT2D eigenvalue weighted by molar-refractivity contribution is -0.120. The molecule has 0 aliphatic heterocycles. The van der Waals surface area contributed by atoms with Crippen LogP contribution in [0.2, 0.25) is 0 Å². The monoisotopic (exact) mass is 730 g/mol. The molecule has 0 bridgehead atoms. The van der Waals surface area contributed by atoms with Crippen LogP contribution in [0.1, 0.15) is 43.0 Å². The molecule has 3 aromatic carbocycles. The molecule has 0 spiro atoms. The Kier molecular flexibility index (Phi) is 9.34. The van der Waals surface area contributed by atoms with E-state index >= 15 is 0 Å². The maximum Gasteiger partial charge on any atom is 0.244 e. The van der Waals surface area contributed by atoms with Crippen LogP contribution < -0.4 is 10.2 Å². The van der Waals surface area contributed by atoms with E-state index in [1.54, 1.807) is 6.21 Å². The first-order chi connectivity index (χ1) is 15.6. The fraction of sp³-hybridized carbons (Fsp3) is 0.231. The number of halogens is 3. The van der Waals surface area contributed by atoms with Crippen molar-refractivity contribution < 1.29 is 9.53 Å². The van der Waals surface area contributed by atoms with Gasteiger partial charge in [-0.25, -0.2) is 5.43 Å². The third-order valence-electron chi connectivity index (χ3n) is 4.90. The molecule has 0 radical (unpaired) electrons. The molecule has 0 fully saturated rings. The molecular weight excluding hydrogens is 706 g/mol. The fourth-order valence-corrected chi connectivity index (χ4v) is 5.45. The molecule has 3 aromatic rings. The summed E-state index contributed by atoms with van der Waals surface area (Å²) < 4.78 is 9.07. The van der Waals surface area contributed by atoms with Gasteiger partial charge < -0.3 is 4.74 Å². The second-order valence-corrected chi connectivity index (χ2v) is 11.9. The zero-order valence-corrected chi connectivity index (χ0v) is 24.6. The maximum atomic E-state index is 12.3. The van der Waals surface area contributed by atoms with Crippen molar-refractivity contribution in [2.75, 3.05) is 0 Å². The van der Waals surface area contributed by atoms with Gasteiger partial charge >= 0.3 is 0 Å². The van der Waals surface area contributed by atoms with Crippen molar-refractivity contribution in [1.29, 1.82) is 0 Å². The molecule has 0 saturated carbocycles. The molecule has 0 atom stereocenters. The second-order valence-electron chi connectivity index (χ2n) is 8.65. The predicted molar refractivity (Wildman–Crippen MR) is 155 cm³/mol. The zero-order valence-electron chi connectivity index (χ0n) is 18.7. The summed E-state index contributed by atoms with van der Waals surface area (Å²) in [7, 11) is 0. The molecule has 0 aliphatic carbocycles. The van der Waals surface area contributed by atoms with Gasteiger partial charge in [-0.1, -0.05) is 73.1 Å². The van der Waals surface area contributed by atoms with E-state index in [2.05, 4.69) is 105 Å². The SMILES string of the molecule is CC(C)(C)c1ccc(CC(=O)N/N=C\c2cc(I)c(OCc3ccc(Br)cc3)c(I)c2)cc1. The highest BCUT2D eigenvalue weighted by Gasteiger charge is 2.13. The summed E-state index contributed by atoms with van der Waals surface area (Å²) >= 11 is 7.97. The molecular formula is C26H25BrI2N2O2. The van der Waals surface area contributed by atoms with Crippen LogP contribution in [0.3, 0.4) is 0 Å². The van der Waals surface area contributed by atoms with E-state index in [1.165, 1.54) is 5.56 Å². The minimum absolute atomic E-state index is 0.0969. The van der Waals surface area contributed by atoms with Gasteiger partial charge in [0.2, 0.25) is 5.91 Å². The lowest BCUT2D eigenvalue weighted by Crippen LogP contribution is -2.20. The van der Waals surface area contributed by atoms with Crippen LogP contribution in [0, 0.1) is 7.14 Å². The molecule has 0 aromatic heterocycles. The third kappa shape index (κ3) is 8.06. The Morgan fingerprint density at radius 3 is 2.15 bits per heavy atom. The van der Waals surface area contributed by atoms with Crippen molar-refractivity contribution in [3.05, 3.63) is 94.5 Å². The number of hydrogen-bond donors (Lipinski definition) is 1. The predicted octanol–water partition coefficient (Wildman–Crippen LogP) is 7.23. The van der Waals surface area contributed by atoms with E-state index in [9.17, 15) is 4.79 Å². The van der Waals surface area contributed by atoms with Crippen LogP contribution in [-0.4, -0.2) is 12.1 Å². The van der Waals surface area contributed by atoms with Crippen LogP contribution in [0.25, 0.3) is 0 Å². The molecule has 0 unspecified atom stereocenters. The number of nitrogens with zero attached hydrogens (tertiary/aromatic N) is 1. The highest BCUT2D eigenvalue weighted by atomic mass is 127. The fourth-order valence-electron chi connectivity index (χ4n) is 3.05. The molecule has 33 heavy (non-hydrogen) atoms. The van der Waals surface area contributed by atoms with E-state index in [1.807, 2.05) is 48.5 Å². The van der Waals surface area contributed by atoms with E-state index in [4.69, 9.17) is 4.74 Å². The Labute approximate surface area is 231 Å². The van der Waals surface area contributed by atoms with Gasteiger partial charge in [0.1, 0.15) is 12.4 Å². The number of hydrazone groups is 1. The molecule has 1 amide bonds. The lowest BCUT2D eigenvalue weighted by Gasteiger charge is -2.19. The van der Waals surface area contributed by atoms with Crippen LogP contribution in [0.5, 0.6) is 5.75 Å². The molecule has 4 nitrogen and oxygen atoms in total. The second kappa shape index (κ2) is 11.8. The Hall–Kier alpha value is -1.46. The summed E-state index contributed by atoms with van der Waals surface area (Å²) in [6.45, 7) is 7.02. The van der Waals surface area contributed by atoms with Gasteiger partial charge in [-0.3, -0.25) is 4.79 Å². The molecule has 172 valence electrons. The van der Waals surface area contributed by atoms with Crippen molar-refractivity contribution in [3.8, 4) is 5.75 Å². The van der Waals surface area contributed by atoms with Crippen LogP contribution in [-0.2, 0) is 23.2 Å². The smallest absolute Gasteiger partial charge is 0.244 e. The standard InChI is InChI=1S/C26H25BrI2N2O2/c1-26(2,3)20-8-4-17(5-9-20)14-24(32)31-30-15-19-12-22(28)25(23(29)13-19)33-16-18-6-10-21(27)11-7-18/h4-13,15H,14,16H2,1-3H3,(H,31,32)/b30-15-. The molecule has 0 heterocycles. The number of carbonyl (C=O) groups excluding carboxylic acids is 1. The van der Waals surface area contributed by atoms with Crippen molar-refractivity contribution in [2.45, 2.75) is 39.2 Å². The highest BCUT2D eigenvalue weighted by molar-refractivity contribution is 14.1. The van der Waals surface area contributed by atoms with E-state index in [0.717, 1.165) is 34.1 Å². The minimum Gasteiger partial charge on any atom is -0.487 e. The van der Waals surface area contributed by atoms with Gasteiger partial charge in [-0.15, -0.1) is 0 Å². The van der Waals surface area contributed by atoms with Crippen molar-refractivity contribution in [2.24, 2.45) is 5.10 Å². The molecule has 7 heteroatoms. The summed E-state index contributed by atoms with van der Waals surface area (Å²) in [6, 6.07) is 20.2. The summed E-state index contributed by atoms with van der Waals surface area (Å²) in [5, 5.41) is 4.13. The van der Waals surface area contributed by atoms with E-state index in [-0.39, 0.29) is 11.3 Å². The topological polar surface area (TPSA) is 50.7 Å². The average molecular weight is 731 g/mol. The molecule has 0 saturated heterocycles. The van der Waals surface area contributed by atoms with Crippen LogP contribution in [0.4, 0.5) is 0 Å². The van der Waals surface area contributed by atoms with Gasteiger partial charge in [0.25, 0.3) is 0 Å². The third-order valence-corrected chi connectivity index (χ3v) is 7.04. The van der Waals surface area contributed by atoms with Crippen LogP contribution in [0.15, 0.2) is 70.2 Å². The summed E-state index contributed by atoms with van der Waals surface area (Å²) in [5.41, 5.74) is 6.93. The largest absolute Gasteiger partial charge is 0.487 e. The first-order valence-electron chi connectivity index (χ1n) is 10.4. The molecule has 0 aliphatic rings. The van der Waals surface area contributed by atoms with Crippen molar-refractivity contribution in [3.63, 3.8) is 0 Å². The van der Waals surface area contributed by atoms with Crippen LogP contribution >= 0.6 is 61.1 Å². The van der Waals surface area contributed by atoms with Gasteiger partial charge in [0.05, 0.1) is 19.8 Å². The zero-order chi connectivity index (χ0) is 24.0.